The maximum atomic E-state index is 16.9. The highest BCUT2D eigenvalue weighted by Gasteiger charge is 2.49. The Morgan fingerprint density at radius 3 is 2.31 bits per heavy atom. The molecule has 458 valence electrons. The Balaban J connectivity index is 0.856. The van der Waals surface area contributed by atoms with E-state index in [9.17, 15) is 28.5 Å². The van der Waals surface area contributed by atoms with Crippen LogP contribution in [-0.4, -0.2) is 123 Å². The van der Waals surface area contributed by atoms with Crippen LogP contribution < -0.4 is 25.9 Å². The van der Waals surface area contributed by atoms with Crippen molar-refractivity contribution in [3.63, 3.8) is 0 Å². The van der Waals surface area contributed by atoms with Crippen molar-refractivity contribution in [3.05, 3.63) is 135 Å². The van der Waals surface area contributed by atoms with E-state index in [1.807, 2.05) is 69.3 Å². The van der Waals surface area contributed by atoms with E-state index in [4.69, 9.17) is 14.0 Å². The molecule has 4 aliphatic rings. The minimum atomic E-state index is -4.79. The van der Waals surface area contributed by atoms with Crippen molar-refractivity contribution in [1.29, 1.82) is 0 Å². The lowest BCUT2D eigenvalue weighted by molar-refractivity contribution is -0.152. The van der Waals surface area contributed by atoms with Crippen molar-refractivity contribution in [2.75, 3.05) is 45.9 Å². The van der Waals surface area contributed by atoms with E-state index in [0.717, 1.165) is 54.5 Å². The molecule has 0 saturated carbocycles. The number of halogens is 2. The van der Waals surface area contributed by atoms with E-state index in [2.05, 4.69) is 20.6 Å². The molecule has 86 heavy (non-hydrogen) atoms. The SMILES string of the molecule is CCCOC(=O)[C@H](C)NP(=O)(Oc1ccccc1)[C@@H](F)c1ccc2sc(C(=O)N[C@H](C(=O)N3CC[C@@H](CC4CCN(Cc5ccc6c(c5)n(C)c(=O)n6C5CCC(=O)NC5=O)CC4)[C@H]3C(=O)N3CCO[C@H](c4ccccc4)C3)C(C)(C)C)cc2c1F. The Hall–Kier alpha value is -7.10. The van der Waals surface area contributed by atoms with Crippen LogP contribution in [-0.2, 0) is 51.6 Å². The van der Waals surface area contributed by atoms with Gasteiger partial charge in [-0.25, -0.2) is 18.7 Å². The van der Waals surface area contributed by atoms with Gasteiger partial charge in [0.05, 0.1) is 35.7 Å². The van der Waals surface area contributed by atoms with Crippen LogP contribution in [0.5, 0.6) is 5.75 Å². The normalized spacial score (nSPS) is 21.6. The number of carbonyl (C=O) groups excluding carboxylic acids is 6. The predicted octanol–water partition coefficient (Wildman–Crippen LogP) is 9.11. The lowest BCUT2D eigenvalue weighted by Gasteiger charge is -2.40. The number of rotatable bonds is 19. The van der Waals surface area contributed by atoms with Crippen molar-refractivity contribution in [2.45, 2.75) is 122 Å². The number of nitrogens with one attached hydrogen (secondary N) is 3. The summed E-state index contributed by atoms with van der Waals surface area (Å²) in [5.74, 6) is -6.59. The third kappa shape index (κ3) is 13.2. The second-order valence-electron chi connectivity index (χ2n) is 24.2. The number of ether oxygens (including phenoxy) is 2. The molecule has 4 aliphatic heterocycles. The fourth-order valence-corrected chi connectivity index (χ4v) is 15.3. The third-order valence-corrected chi connectivity index (χ3v) is 20.2. The zero-order chi connectivity index (χ0) is 61.2. The van der Waals surface area contributed by atoms with Crippen molar-refractivity contribution in [2.24, 2.45) is 24.3 Å². The van der Waals surface area contributed by atoms with Crippen LogP contribution in [0.15, 0.2) is 102 Å². The number of imide groups is 1. The maximum Gasteiger partial charge on any atom is 0.355 e. The number of amides is 5. The molecule has 2 aromatic heterocycles. The predicted molar refractivity (Wildman–Crippen MR) is 321 cm³/mol. The lowest BCUT2D eigenvalue weighted by Crippen LogP contribution is -2.59. The Morgan fingerprint density at radius 1 is 0.895 bits per heavy atom. The monoisotopic (exact) mass is 1220 g/mol. The first-order valence-electron chi connectivity index (χ1n) is 29.6. The molecular formula is C63H75F2N8O11PS. The number of aromatic nitrogens is 2. The second-order valence-corrected chi connectivity index (χ2v) is 27.3. The number of likely N-dealkylation sites (tertiary alicyclic amines) is 2. The number of aryl methyl sites for hydroxylation is 1. The zero-order valence-electron chi connectivity index (χ0n) is 49.3. The van der Waals surface area contributed by atoms with E-state index < -0.39 is 78.1 Å². The Morgan fingerprint density at radius 2 is 1.62 bits per heavy atom. The van der Waals surface area contributed by atoms with Gasteiger partial charge in [0.2, 0.25) is 29.5 Å². The van der Waals surface area contributed by atoms with Crippen molar-refractivity contribution in [3.8, 4) is 5.75 Å². The van der Waals surface area contributed by atoms with Gasteiger partial charge in [0.1, 0.15) is 41.8 Å². The zero-order valence-corrected chi connectivity index (χ0v) is 51.0. The number of thiophene rings is 1. The molecule has 4 fully saturated rings. The molecule has 4 saturated heterocycles. The number of piperidine rings is 2. The first-order valence-corrected chi connectivity index (χ1v) is 32.1. The minimum absolute atomic E-state index is 0.0116. The Labute approximate surface area is 502 Å². The van der Waals surface area contributed by atoms with Crippen LogP contribution in [0.25, 0.3) is 21.1 Å². The number of carbonyl (C=O) groups is 6. The molecule has 0 aliphatic carbocycles. The van der Waals surface area contributed by atoms with Crippen LogP contribution >= 0.6 is 18.9 Å². The number of imidazole rings is 1. The van der Waals surface area contributed by atoms with Gasteiger partial charge in [-0.05, 0) is 123 Å². The average Bonchev–Trinajstić information content (AvgIpc) is 2.34. The molecule has 10 rings (SSSR count). The summed E-state index contributed by atoms with van der Waals surface area (Å²) >= 11 is 0.932. The van der Waals surface area contributed by atoms with Gasteiger partial charge in [-0.2, -0.15) is 0 Å². The molecule has 2 unspecified atom stereocenters. The van der Waals surface area contributed by atoms with E-state index in [1.54, 1.807) is 42.0 Å². The minimum Gasteiger partial charge on any atom is -0.465 e. The topological polar surface area (TPSA) is 220 Å². The molecule has 6 aromatic rings. The van der Waals surface area contributed by atoms with Crippen LogP contribution in [0.4, 0.5) is 8.78 Å². The van der Waals surface area contributed by atoms with Crippen LogP contribution in [0.1, 0.15) is 124 Å². The quantitative estimate of drug-likeness (QED) is 0.0392. The molecule has 19 nitrogen and oxygen atoms in total. The smallest absolute Gasteiger partial charge is 0.355 e. The number of esters is 1. The first kappa shape index (κ1) is 62.0. The van der Waals surface area contributed by atoms with Crippen molar-refractivity contribution >= 4 is 75.5 Å². The first-order chi connectivity index (χ1) is 41.1. The highest BCUT2D eigenvalue weighted by molar-refractivity contribution is 7.57. The summed E-state index contributed by atoms with van der Waals surface area (Å²) < 4.78 is 68.6. The number of nitrogens with zero attached hydrogens (tertiary/aromatic N) is 5. The standard InChI is InChI=1S/C63H75F2N8O11PS/c1-7-31-83-61(79)38(2)68-85(81,84-43-16-12-9-13-17-43)56(65)44-19-22-50-45(53(44)64)35-51(86-50)58(76)67-55(63(3,4)5)60(78)72-29-26-42(54(72)59(77)71-30-32-82-49(37-71)41-14-10-8-11-15-41)33-39-24-27-70(28-25-39)36-40-18-20-46-48(34-40)69(6)62(80)73(46)47-21-23-52(74)66-57(47)75/h8-20,22,34-35,38-39,42,47,49,54-56H,7,21,23-33,36-37H2,1-6H3,(H,67,76)(H,68,81)(H,66,74,75)/t38-,42-,47?,49-,54-,55+,56+,85?/m0/s1. The van der Waals surface area contributed by atoms with E-state index in [0.29, 0.717) is 56.5 Å². The highest BCUT2D eigenvalue weighted by Crippen LogP contribution is 2.58. The van der Waals surface area contributed by atoms with Crippen LogP contribution in [0.2, 0.25) is 0 Å². The van der Waals surface area contributed by atoms with E-state index in [-0.39, 0.29) is 82.1 Å². The van der Waals surface area contributed by atoms with Crippen LogP contribution in [0, 0.1) is 23.1 Å². The lowest BCUT2D eigenvalue weighted by atomic mass is 9.82. The van der Waals surface area contributed by atoms with Gasteiger partial charge in [0.15, 0.2) is 0 Å². The molecule has 5 amide bonds. The Kier molecular flexibility index (Phi) is 18.8. The number of hydrogen-bond donors (Lipinski definition) is 3. The summed E-state index contributed by atoms with van der Waals surface area (Å²) in [6.45, 7) is 12.1. The fraction of sp³-hybridized carbons (Fsp3) is 0.476. The van der Waals surface area contributed by atoms with Gasteiger partial charge in [-0.3, -0.25) is 52.7 Å². The molecule has 0 radical (unpaired) electrons. The summed E-state index contributed by atoms with van der Waals surface area (Å²) in [6, 6.07) is 23.0. The summed E-state index contributed by atoms with van der Waals surface area (Å²) in [4.78, 5) is 102. The largest absolute Gasteiger partial charge is 0.465 e. The Bertz CT molecular complexity index is 3620. The molecule has 23 heteroatoms. The number of para-hydroxylation sites is 1. The average molecular weight is 1220 g/mol. The van der Waals surface area contributed by atoms with Crippen molar-refractivity contribution < 1.29 is 56.1 Å². The third-order valence-electron chi connectivity index (χ3n) is 17.0. The number of morpholine rings is 1. The number of alkyl halides is 1. The molecule has 3 N–H and O–H groups in total. The van der Waals surface area contributed by atoms with Gasteiger partial charge >= 0.3 is 19.2 Å². The van der Waals surface area contributed by atoms with Gasteiger partial charge in [0, 0.05) is 48.8 Å². The second kappa shape index (κ2) is 26.1. The van der Waals surface area contributed by atoms with Gasteiger partial charge < -0.3 is 29.1 Å². The molecule has 4 aromatic carbocycles. The number of benzene rings is 4. The van der Waals surface area contributed by atoms with Gasteiger partial charge in [0.25, 0.3) is 5.91 Å². The summed E-state index contributed by atoms with van der Waals surface area (Å²) in [7, 11) is -3.11. The number of hydrogen-bond acceptors (Lipinski definition) is 13. The van der Waals surface area contributed by atoms with Gasteiger partial charge in [-0.15, -0.1) is 11.3 Å². The van der Waals surface area contributed by atoms with Crippen LogP contribution in [0.3, 0.4) is 0 Å². The molecule has 6 heterocycles. The molecule has 0 spiro atoms. The maximum absolute atomic E-state index is 16.9. The summed E-state index contributed by atoms with van der Waals surface area (Å²) in [5.41, 5.74) is 1.42. The van der Waals surface area contributed by atoms with Gasteiger partial charge in [-0.1, -0.05) is 88.4 Å². The summed E-state index contributed by atoms with van der Waals surface area (Å²) in [5, 5.41) is 7.66. The highest BCUT2D eigenvalue weighted by atomic mass is 32.1. The van der Waals surface area contributed by atoms with E-state index >= 15 is 18.4 Å². The van der Waals surface area contributed by atoms with Crippen molar-refractivity contribution in [1.82, 2.24) is 39.6 Å². The number of fused-ring (bicyclic) bond motifs is 2. The molecular weight excluding hydrogens is 1150 g/mol. The molecule has 0 bridgehead atoms. The van der Waals surface area contributed by atoms with E-state index in [1.165, 1.54) is 40.3 Å². The molecule has 8 atom stereocenters. The fourth-order valence-electron chi connectivity index (χ4n) is 12.4. The summed E-state index contributed by atoms with van der Waals surface area (Å²) in [6.07, 6.45) is 3.50.